The highest BCUT2D eigenvalue weighted by Gasteiger charge is 2.32. The van der Waals surface area contributed by atoms with Crippen molar-refractivity contribution in [2.75, 3.05) is 12.8 Å². The lowest BCUT2D eigenvalue weighted by molar-refractivity contribution is 0.142. The van der Waals surface area contributed by atoms with Gasteiger partial charge in [-0.2, -0.15) is 0 Å². The molecular weight excluding hydrogens is 268 g/mol. The minimum atomic E-state index is -2.94. The minimum absolute atomic E-state index is 0.205. The van der Waals surface area contributed by atoms with Crippen LogP contribution in [0.4, 0.5) is 0 Å². The first-order valence-corrected chi connectivity index (χ1v) is 8.81. The average molecular weight is 292 g/mol. The van der Waals surface area contributed by atoms with E-state index < -0.39 is 9.84 Å². The third kappa shape index (κ3) is 4.48. The highest BCUT2D eigenvalue weighted by Crippen LogP contribution is 2.28. The van der Waals surface area contributed by atoms with Crippen LogP contribution in [0.25, 0.3) is 0 Å². The first kappa shape index (κ1) is 15.9. The molecule has 0 spiro atoms. The van der Waals surface area contributed by atoms with Crippen molar-refractivity contribution in [1.82, 2.24) is 4.90 Å². The molecule has 0 aromatic carbocycles. The summed E-state index contributed by atoms with van der Waals surface area (Å²) in [6.07, 6.45) is 4.83. The zero-order chi connectivity index (χ0) is 13.9. The Labute approximate surface area is 116 Å². The summed E-state index contributed by atoms with van der Waals surface area (Å²) in [6.45, 7) is 4.78. The smallest absolute Gasteiger partial charge is 0.150 e. The highest BCUT2D eigenvalue weighted by molar-refractivity contribution is 7.91. The number of nitrogens with zero attached hydrogens (tertiary/aromatic N) is 1. The lowest BCUT2D eigenvalue weighted by Gasteiger charge is -2.39. The van der Waals surface area contributed by atoms with E-state index in [1.807, 2.05) is 0 Å². The lowest BCUT2D eigenvalue weighted by atomic mass is 9.93. The normalized spacial score (nSPS) is 25.6. The molecule has 1 saturated carbocycles. The van der Waals surface area contributed by atoms with E-state index in [0.29, 0.717) is 24.0 Å². The summed E-state index contributed by atoms with van der Waals surface area (Å²) in [5, 5.41) is -0.205. The first-order chi connectivity index (χ1) is 8.21. The van der Waals surface area contributed by atoms with Crippen LogP contribution in [0.2, 0.25) is 0 Å². The Morgan fingerprint density at radius 2 is 2.06 bits per heavy atom. The van der Waals surface area contributed by atoms with Crippen LogP contribution < -0.4 is 5.73 Å². The molecule has 1 rings (SSSR count). The van der Waals surface area contributed by atoms with Crippen molar-refractivity contribution in [2.45, 2.75) is 56.9 Å². The fourth-order valence-electron chi connectivity index (χ4n) is 2.72. The third-order valence-electron chi connectivity index (χ3n) is 3.67. The van der Waals surface area contributed by atoms with Crippen molar-refractivity contribution in [2.24, 2.45) is 5.73 Å². The Bertz CT molecular complexity index is 393. The van der Waals surface area contributed by atoms with Crippen LogP contribution in [0.1, 0.15) is 39.5 Å². The minimum Gasteiger partial charge on any atom is -0.392 e. The highest BCUT2D eigenvalue weighted by atomic mass is 32.2. The van der Waals surface area contributed by atoms with Gasteiger partial charge in [0.2, 0.25) is 0 Å². The predicted octanol–water partition coefficient (Wildman–Crippen LogP) is 1.34. The summed E-state index contributed by atoms with van der Waals surface area (Å²) < 4.78 is 23.4. The summed E-state index contributed by atoms with van der Waals surface area (Å²) in [6, 6.07) is 0.606. The van der Waals surface area contributed by atoms with Gasteiger partial charge in [-0.05, 0) is 33.1 Å². The number of hydrogen-bond acceptors (Lipinski definition) is 4. The van der Waals surface area contributed by atoms with Gasteiger partial charge in [0.25, 0.3) is 0 Å². The summed E-state index contributed by atoms with van der Waals surface area (Å²) in [5.74, 6) is 0. The molecule has 6 heteroatoms. The molecule has 1 aliphatic rings. The van der Waals surface area contributed by atoms with Crippen molar-refractivity contribution >= 4 is 27.0 Å². The van der Waals surface area contributed by atoms with Gasteiger partial charge in [0, 0.05) is 24.9 Å². The molecule has 0 heterocycles. The first-order valence-electron chi connectivity index (χ1n) is 6.44. The zero-order valence-corrected chi connectivity index (χ0v) is 13.1. The fourth-order valence-corrected chi connectivity index (χ4v) is 4.04. The van der Waals surface area contributed by atoms with E-state index in [9.17, 15) is 8.42 Å². The van der Waals surface area contributed by atoms with E-state index in [1.165, 1.54) is 6.26 Å². The Balaban J connectivity index is 2.77. The van der Waals surface area contributed by atoms with Crippen LogP contribution in [0.5, 0.6) is 0 Å². The number of thiocarbonyl (C=S) groups is 1. The lowest BCUT2D eigenvalue weighted by Crippen LogP contribution is -2.48. The number of rotatable bonds is 5. The fraction of sp³-hybridized carbons (Fsp3) is 0.917. The standard InChI is InChI=1S/C12H24N2O2S2/c1-9(2)14(8-12(13)17)10-5-4-6-11(7-10)18(3,15)16/h9-11H,4-8H2,1-3H3,(H2,13,17). The number of sulfone groups is 1. The molecule has 0 amide bonds. The molecule has 1 fully saturated rings. The van der Waals surface area contributed by atoms with Gasteiger partial charge in [-0.15, -0.1) is 0 Å². The van der Waals surface area contributed by atoms with E-state index in [0.717, 1.165) is 19.3 Å². The van der Waals surface area contributed by atoms with Gasteiger partial charge in [0.05, 0.1) is 10.2 Å². The van der Waals surface area contributed by atoms with Gasteiger partial charge in [-0.3, -0.25) is 4.90 Å². The molecule has 4 nitrogen and oxygen atoms in total. The van der Waals surface area contributed by atoms with E-state index in [-0.39, 0.29) is 11.3 Å². The van der Waals surface area contributed by atoms with E-state index in [4.69, 9.17) is 18.0 Å². The second-order valence-electron chi connectivity index (χ2n) is 5.50. The van der Waals surface area contributed by atoms with Crippen molar-refractivity contribution in [1.29, 1.82) is 0 Å². The molecule has 2 N–H and O–H groups in total. The topological polar surface area (TPSA) is 63.4 Å². The van der Waals surface area contributed by atoms with Gasteiger partial charge in [-0.25, -0.2) is 8.42 Å². The SMILES string of the molecule is CC(C)N(CC(N)=S)C1CCCC(S(C)(=O)=O)C1. The quantitative estimate of drug-likeness (QED) is 0.775. The Hall–Kier alpha value is -0.200. The molecule has 0 aliphatic heterocycles. The van der Waals surface area contributed by atoms with Crippen LogP contribution in [-0.4, -0.2) is 48.4 Å². The van der Waals surface area contributed by atoms with Crippen LogP contribution in [0.3, 0.4) is 0 Å². The van der Waals surface area contributed by atoms with E-state index in [2.05, 4.69) is 18.7 Å². The number of hydrogen-bond donors (Lipinski definition) is 1. The molecule has 0 bridgehead atoms. The summed E-state index contributed by atoms with van der Waals surface area (Å²) in [5.41, 5.74) is 5.63. The predicted molar refractivity (Wildman–Crippen MR) is 79.5 cm³/mol. The van der Waals surface area contributed by atoms with Crippen LogP contribution >= 0.6 is 12.2 Å². The second kappa shape index (κ2) is 6.30. The summed E-state index contributed by atoms with van der Waals surface area (Å²) in [4.78, 5) is 2.71. The van der Waals surface area contributed by atoms with Gasteiger partial charge < -0.3 is 5.73 Å². The van der Waals surface area contributed by atoms with Gasteiger partial charge >= 0.3 is 0 Å². The molecule has 2 unspecified atom stereocenters. The second-order valence-corrected chi connectivity index (χ2v) is 8.35. The van der Waals surface area contributed by atoms with Crippen molar-refractivity contribution < 1.29 is 8.42 Å². The monoisotopic (exact) mass is 292 g/mol. The van der Waals surface area contributed by atoms with Gasteiger partial charge in [0.1, 0.15) is 9.84 Å². The van der Waals surface area contributed by atoms with Crippen molar-refractivity contribution in [3.8, 4) is 0 Å². The summed E-state index contributed by atoms with van der Waals surface area (Å²) >= 11 is 4.98. The van der Waals surface area contributed by atoms with Crippen LogP contribution in [0.15, 0.2) is 0 Å². The molecular formula is C12H24N2O2S2. The van der Waals surface area contributed by atoms with Crippen LogP contribution in [-0.2, 0) is 9.84 Å². The molecule has 2 atom stereocenters. The van der Waals surface area contributed by atoms with E-state index in [1.54, 1.807) is 0 Å². The Morgan fingerprint density at radius 1 is 1.44 bits per heavy atom. The van der Waals surface area contributed by atoms with Gasteiger partial charge in [-0.1, -0.05) is 18.6 Å². The van der Waals surface area contributed by atoms with Crippen molar-refractivity contribution in [3.05, 3.63) is 0 Å². The molecule has 0 radical (unpaired) electrons. The molecule has 0 aromatic rings. The molecule has 106 valence electrons. The van der Waals surface area contributed by atoms with E-state index >= 15 is 0 Å². The molecule has 1 aliphatic carbocycles. The number of nitrogens with two attached hydrogens (primary N) is 1. The van der Waals surface area contributed by atoms with Crippen LogP contribution in [0, 0.1) is 0 Å². The third-order valence-corrected chi connectivity index (χ3v) is 5.44. The maximum absolute atomic E-state index is 11.7. The van der Waals surface area contributed by atoms with Crippen molar-refractivity contribution in [3.63, 3.8) is 0 Å². The zero-order valence-electron chi connectivity index (χ0n) is 11.4. The average Bonchev–Trinajstić information content (AvgIpc) is 2.24. The Morgan fingerprint density at radius 3 is 2.50 bits per heavy atom. The molecule has 0 aromatic heterocycles. The maximum atomic E-state index is 11.7. The largest absolute Gasteiger partial charge is 0.392 e. The van der Waals surface area contributed by atoms with Gasteiger partial charge in [0.15, 0.2) is 0 Å². The maximum Gasteiger partial charge on any atom is 0.150 e. The molecule has 18 heavy (non-hydrogen) atoms. The molecule has 0 saturated heterocycles. The summed E-state index contributed by atoms with van der Waals surface area (Å²) in [7, 11) is -2.94. The Kier molecular flexibility index (Phi) is 5.55.